The highest BCUT2D eigenvalue weighted by molar-refractivity contribution is 6.07. The van der Waals surface area contributed by atoms with Crippen LogP contribution in [0.25, 0.3) is 17.2 Å². The summed E-state index contributed by atoms with van der Waals surface area (Å²) in [6.45, 7) is 3.33. The maximum absolute atomic E-state index is 14.4. The van der Waals surface area contributed by atoms with E-state index in [1.165, 1.54) is 37.5 Å². The number of piperazine rings is 1. The zero-order valence-corrected chi connectivity index (χ0v) is 20.0. The summed E-state index contributed by atoms with van der Waals surface area (Å²) in [4.78, 5) is 17.2. The number of allylic oxidation sites excluding steroid dienone is 1. The number of carbonyl (C=O) groups is 1. The first kappa shape index (κ1) is 25.4. The molecule has 0 aromatic heterocycles. The van der Waals surface area contributed by atoms with Crippen molar-refractivity contribution in [1.82, 2.24) is 4.90 Å². The lowest BCUT2D eigenvalue weighted by molar-refractivity contribution is -0.137. The summed E-state index contributed by atoms with van der Waals surface area (Å²) in [5.74, 6) is -0.865. The first-order chi connectivity index (χ1) is 17.2. The van der Waals surface area contributed by atoms with Crippen molar-refractivity contribution < 1.29 is 27.1 Å². The van der Waals surface area contributed by atoms with Crippen LogP contribution in [0.5, 0.6) is 5.75 Å². The molecule has 4 rings (SSSR count). The van der Waals surface area contributed by atoms with Crippen molar-refractivity contribution in [1.29, 1.82) is 0 Å². The SMILES string of the molecule is COc1ccc(C(=O)/C=C/c2cc(-c3ccc(C(F)(F)F)cc3)ccc2N2CCN(C)CC2)c(F)c1. The highest BCUT2D eigenvalue weighted by atomic mass is 19.4. The van der Waals surface area contributed by atoms with Crippen molar-refractivity contribution in [2.75, 3.05) is 45.2 Å². The number of rotatable bonds is 6. The summed E-state index contributed by atoms with van der Waals surface area (Å²) in [5, 5.41) is 0. The van der Waals surface area contributed by atoms with Crippen LogP contribution in [0.3, 0.4) is 0 Å². The quantitative estimate of drug-likeness (QED) is 0.231. The summed E-state index contributed by atoms with van der Waals surface area (Å²) in [6, 6.07) is 14.6. The van der Waals surface area contributed by atoms with Gasteiger partial charge in [0, 0.05) is 37.9 Å². The summed E-state index contributed by atoms with van der Waals surface area (Å²) in [7, 11) is 3.47. The Labute approximate surface area is 207 Å². The number of benzene rings is 3. The minimum atomic E-state index is -4.41. The number of likely N-dealkylation sites (N-methyl/N-ethyl adjacent to an activating group) is 1. The molecule has 4 nitrogen and oxygen atoms in total. The van der Waals surface area contributed by atoms with Crippen LogP contribution in [-0.4, -0.2) is 51.0 Å². The van der Waals surface area contributed by atoms with E-state index < -0.39 is 23.3 Å². The third kappa shape index (κ3) is 5.76. The Bertz CT molecular complexity index is 1260. The molecule has 0 unspecified atom stereocenters. The highest BCUT2D eigenvalue weighted by Crippen LogP contribution is 2.33. The second kappa shape index (κ2) is 10.5. The molecule has 1 heterocycles. The van der Waals surface area contributed by atoms with E-state index in [4.69, 9.17) is 4.74 Å². The van der Waals surface area contributed by atoms with E-state index in [0.29, 0.717) is 16.9 Å². The molecule has 0 bridgehead atoms. The topological polar surface area (TPSA) is 32.8 Å². The van der Waals surface area contributed by atoms with Crippen molar-refractivity contribution in [2.24, 2.45) is 0 Å². The van der Waals surface area contributed by atoms with Crippen LogP contribution in [0, 0.1) is 5.82 Å². The van der Waals surface area contributed by atoms with Crippen LogP contribution in [-0.2, 0) is 6.18 Å². The number of carbonyl (C=O) groups excluding carboxylic acids is 1. The number of hydrogen-bond donors (Lipinski definition) is 0. The monoisotopic (exact) mass is 498 g/mol. The van der Waals surface area contributed by atoms with Gasteiger partial charge in [0.25, 0.3) is 0 Å². The van der Waals surface area contributed by atoms with Gasteiger partial charge in [0.15, 0.2) is 5.78 Å². The zero-order valence-electron chi connectivity index (χ0n) is 20.0. The zero-order chi connectivity index (χ0) is 25.9. The first-order valence-electron chi connectivity index (χ1n) is 11.5. The number of anilines is 1. The van der Waals surface area contributed by atoms with Gasteiger partial charge in [-0.25, -0.2) is 4.39 Å². The molecule has 1 saturated heterocycles. The number of nitrogens with zero attached hydrogens (tertiary/aromatic N) is 2. The van der Waals surface area contributed by atoms with Gasteiger partial charge in [0.1, 0.15) is 11.6 Å². The number of alkyl halides is 3. The Kier molecular flexibility index (Phi) is 7.45. The van der Waals surface area contributed by atoms with Crippen molar-refractivity contribution in [3.05, 3.63) is 89.2 Å². The summed E-state index contributed by atoms with van der Waals surface area (Å²) < 4.78 is 58.3. The van der Waals surface area contributed by atoms with Crippen molar-refractivity contribution >= 4 is 17.5 Å². The summed E-state index contributed by atoms with van der Waals surface area (Å²) >= 11 is 0. The van der Waals surface area contributed by atoms with E-state index >= 15 is 0 Å². The molecule has 36 heavy (non-hydrogen) atoms. The number of ether oxygens (including phenoxy) is 1. The molecule has 8 heteroatoms. The Morgan fingerprint density at radius 1 is 0.917 bits per heavy atom. The van der Waals surface area contributed by atoms with E-state index in [2.05, 4.69) is 9.80 Å². The summed E-state index contributed by atoms with van der Waals surface area (Å²) in [6.07, 6.45) is -1.46. The molecule has 3 aromatic carbocycles. The van der Waals surface area contributed by atoms with Gasteiger partial charge in [-0.05, 0) is 72.3 Å². The second-order valence-electron chi connectivity index (χ2n) is 8.68. The van der Waals surface area contributed by atoms with Crippen LogP contribution in [0.4, 0.5) is 23.2 Å². The molecule has 1 aliphatic heterocycles. The van der Waals surface area contributed by atoms with Gasteiger partial charge in [-0.1, -0.05) is 18.2 Å². The van der Waals surface area contributed by atoms with Gasteiger partial charge in [-0.15, -0.1) is 0 Å². The Morgan fingerprint density at radius 2 is 1.58 bits per heavy atom. The van der Waals surface area contributed by atoms with Crippen LogP contribution in [0.2, 0.25) is 0 Å². The molecule has 1 fully saturated rings. The van der Waals surface area contributed by atoms with Crippen LogP contribution < -0.4 is 9.64 Å². The van der Waals surface area contributed by atoms with Crippen molar-refractivity contribution in [3.8, 4) is 16.9 Å². The molecule has 0 radical (unpaired) electrons. The lowest BCUT2D eigenvalue weighted by Crippen LogP contribution is -2.44. The Balaban J connectivity index is 1.68. The average molecular weight is 499 g/mol. The molecule has 188 valence electrons. The molecule has 0 saturated carbocycles. The Hall–Kier alpha value is -3.65. The lowest BCUT2D eigenvalue weighted by Gasteiger charge is -2.35. The molecule has 0 atom stereocenters. The number of ketones is 1. The normalized spacial score (nSPS) is 14.9. The van der Waals surface area contributed by atoms with Crippen LogP contribution in [0.1, 0.15) is 21.5 Å². The molecular weight excluding hydrogens is 472 g/mol. The van der Waals surface area contributed by atoms with Crippen LogP contribution >= 0.6 is 0 Å². The smallest absolute Gasteiger partial charge is 0.416 e. The lowest BCUT2D eigenvalue weighted by atomic mass is 9.99. The molecule has 0 spiro atoms. The maximum atomic E-state index is 14.4. The summed E-state index contributed by atoms with van der Waals surface area (Å²) in [5.41, 5.74) is 2.16. The van der Waals surface area contributed by atoms with E-state index in [1.54, 1.807) is 6.08 Å². The van der Waals surface area contributed by atoms with Gasteiger partial charge in [-0.3, -0.25) is 4.79 Å². The van der Waals surface area contributed by atoms with Crippen molar-refractivity contribution in [3.63, 3.8) is 0 Å². The fourth-order valence-corrected chi connectivity index (χ4v) is 4.13. The standard InChI is InChI=1S/C28H26F4N2O2/c1-33-13-15-34(16-14-33)26-11-5-20(19-3-7-22(8-4-19)28(30,31)32)17-21(26)6-12-27(35)24-10-9-23(36-2)18-25(24)29/h3-12,17-18H,13-16H2,1-2H3/b12-6+. The second-order valence-corrected chi connectivity index (χ2v) is 8.68. The van der Waals surface area contributed by atoms with E-state index in [1.807, 2.05) is 25.2 Å². The molecular formula is C28H26F4N2O2. The van der Waals surface area contributed by atoms with Gasteiger partial charge < -0.3 is 14.5 Å². The fourth-order valence-electron chi connectivity index (χ4n) is 4.13. The van der Waals surface area contributed by atoms with E-state index in [-0.39, 0.29) is 5.56 Å². The highest BCUT2D eigenvalue weighted by Gasteiger charge is 2.30. The minimum absolute atomic E-state index is 0.0768. The van der Waals surface area contributed by atoms with Gasteiger partial charge in [-0.2, -0.15) is 13.2 Å². The third-order valence-corrected chi connectivity index (χ3v) is 6.27. The van der Waals surface area contributed by atoms with E-state index in [0.717, 1.165) is 55.6 Å². The predicted octanol–water partition coefficient (Wildman–Crippen LogP) is 6.17. The third-order valence-electron chi connectivity index (χ3n) is 6.27. The molecule has 0 aliphatic carbocycles. The maximum Gasteiger partial charge on any atom is 0.416 e. The predicted molar refractivity (Wildman–Crippen MR) is 133 cm³/mol. The molecule has 0 amide bonds. The molecule has 0 N–H and O–H groups in total. The van der Waals surface area contributed by atoms with E-state index in [9.17, 15) is 22.4 Å². The van der Waals surface area contributed by atoms with Crippen LogP contribution in [0.15, 0.2) is 66.7 Å². The number of methoxy groups -OCH3 is 1. The Morgan fingerprint density at radius 3 is 2.19 bits per heavy atom. The van der Waals surface area contributed by atoms with Gasteiger partial charge in [0.05, 0.1) is 18.2 Å². The number of halogens is 4. The van der Waals surface area contributed by atoms with Gasteiger partial charge >= 0.3 is 6.18 Å². The van der Waals surface area contributed by atoms with Crippen molar-refractivity contribution in [2.45, 2.75) is 6.18 Å². The molecule has 1 aliphatic rings. The number of hydrogen-bond acceptors (Lipinski definition) is 4. The van der Waals surface area contributed by atoms with Gasteiger partial charge in [0.2, 0.25) is 0 Å². The minimum Gasteiger partial charge on any atom is -0.497 e. The first-order valence-corrected chi connectivity index (χ1v) is 11.5. The fraction of sp³-hybridized carbons (Fsp3) is 0.250. The molecule has 3 aromatic rings. The largest absolute Gasteiger partial charge is 0.497 e. The average Bonchev–Trinajstić information content (AvgIpc) is 2.87.